The number of rotatable bonds is 4. The molecule has 0 aliphatic carbocycles. The summed E-state index contributed by atoms with van der Waals surface area (Å²) in [6.45, 7) is 0. The summed E-state index contributed by atoms with van der Waals surface area (Å²) in [5.74, 6) is 0. The first-order chi connectivity index (χ1) is 34.8. The van der Waals surface area contributed by atoms with Gasteiger partial charge in [-0.05, 0) is 100 Å². The van der Waals surface area contributed by atoms with Gasteiger partial charge in [-0.1, -0.05) is 121 Å². The van der Waals surface area contributed by atoms with Crippen LogP contribution in [0.2, 0.25) is 0 Å². The third-order valence-corrected chi connectivity index (χ3v) is 11.3. The van der Waals surface area contributed by atoms with Gasteiger partial charge in [0.15, 0.2) is 0 Å². The Hall–Kier alpha value is -6.94. The molecule has 0 fully saturated rings. The van der Waals surface area contributed by atoms with Gasteiger partial charge in [0.2, 0.25) is 0 Å². The van der Waals surface area contributed by atoms with Gasteiger partial charge in [-0.3, -0.25) is 0 Å². The summed E-state index contributed by atoms with van der Waals surface area (Å²) in [5, 5.41) is 2.21. The Labute approximate surface area is 346 Å². The molecule has 0 unspecified atom stereocenters. The fraction of sp³-hybridized carbons (Fsp3) is 0. The van der Waals surface area contributed by atoms with Crippen molar-refractivity contribution in [2.75, 3.05) is 0 Å². The molecule has 3 heteroatoms. The quantitative estimate of drug-likeness (QED) is 0.170. The molecule has 12 rings (SSSR count). The molecule has 3 aromatic heterocycles. The minimum atomic E-state index is -0.664. The van der Waals surface area contributed by atoms with Crippen molar-refractivity contribution >= 4 is 85.9 Å². The first kappa shape index (κ1) is 17.9. The van der Waals surface area contributed by atoms with Gasteiger partial charge in [-0.25, -0.2) is 0 Å². The van der Waals surface area contributed by atoms with Crippen LogP contribution in [0.1, 0.15) is 24.7 Å². The molecule has 0 saturated heterocycles. The van der Waals surface area contributed by atoms with E-state index in [0.717, 1.165) is 33.2 Å². The van der Waals surface area contributed by atoms with Crippen molar-refractivity contribution in [2.45, 2.75) is 0 Å². The number of para-hydroxylation sites is 3. The monoisotopic (exact) mass is 734 g/mol. The molecule has 0 aliphatic rings. The molecule has 55 heavy (non-hydrogen) atoms. The van der Waals surface area contributed by atoms with E-state index < -0.39 is 90.6 Å². The van der Waals surface area contributed by atoms with E-state index >= 15 is 0 Å². The van der Waals surface area contributed by atoms with E-state index in [2.05, 4.69) is 0 Å². The molecule has 0 radical (unpaired) electrons. The number of hydrogen-bond acceptors (Lipinski definition) is 1. The zero-order chi connectivity index (χ0) is 51.7. The molecule has 0 amide bonds. The summed E-state index contributed by atoms with van der Waals surface area (Å²) < 4.78 is 164. The normalized spacial score (nSPS) is 16.6. The highest BCUT2D eigenvalue weighted by molar-refractivity contribution is 7.26. The van der Waals surface area contributed by atoms with Gasteiger partial charge in [0, 0.05) is 58.7 Å². The van der Waals surface area contributed by atoms with Crippen molar-refractivity contribution in [2.24, 2.45) is 0 Å². The van der Waals surface area contributed by atoms with Crippen LogP contribution >= 0.6 is 11.3 Å². The van der Waals surface area contributed by atoms with E-state index in [1.165, 1.54) is 0 Å². The predicted octanol–water partition coefficient (Wildman–Crippen LogP) is 14.7. The lowest BCUT2D eigenvalue weighted by molar-refractivity contribution is 1.18. The second-order valence-corrected chi connectivity index (χ2v) is 14.1. The Kier molecular flexibility index (Phi) is 3.84. The van der Waals surface area contributed by atoms with Crippen LogP contribution in [0.3, 0.4) is 0 Å². The van der Waals surface area contributed by atoms with E-state index in [-0.39, 0.29) is 71.6 Å². The molecule has 0 aliphatic heterocycles. The molecule has 0 bridgehead atoms. The molecule has 256 valence electrons. The van der Waals surface area contributed by atoms with Crippen LogP contribution in [-0.4, -0.2) is 9.13 Å². The lowest BCUT2D eigenvalue weighted by Crippen LogP contribution is -1.95. The van der Waals surface area contributed by atoms with Crippen LogP contribution < -0.4 is 0 Å². The fourth-order valence-corrected chi connectivity index (χ4v) is 8.85. The van der Waals surface area contributed by atoms with Gasteiger partial charge in [-0.2, -0.15) is 0 Å². The first-order valence-corrected chi connectivity index (χ1v) is 18.2. The number of benzene rings is 9. The minimum Gasteiger partial charge on any atom is -0.309 e. The topological polar surface area (TPSA) is 9.86 Å². The molecule has 3 heterocycles. The highest BCUT2D eigenvalue weighted by Crippen LogP contribution is 2.44. The van der Waals surface area contributed by atoms with Crippen molar-refractivity contribution < 1.29 is 24.7 Å². The lowest BCUT2D eigenvalue weighted by atomic mass is 9.98. The summed E-state index contributed by atoms with van der Waals surface area (Å²) in [4.78, 5) is 0. The van der Waals surface area contributed by atoms with Crippen LogP contribution in [0.25, 0.3) is 108 Å². The number of aromatic nitrogens is 2. The van der Waals surface area contributed by atoms with Gasteiger partial charge in [0.25, 0.3) is 0 Å². The summed E-state index contributed by atoms with van der Waals surface area (Å²) in [6.07, 6.45) is 0. The Morgan fingerprint density at radius 1 is 0.400 bits per heavy atom. The molecule has 12 aromatic rings. The van der Waals surface area contributed by atoms with Crippen molar-refractivity contribution in [3.05, 3.63) is 194 Å². The van der Waals surface area contributed by atoms with Crippen molar-refractivity contribution in [3.8, 4) is 33.6 Å². The molecular formula is C52H32N2S. The zero-order valence-corrected chi connectivity index (χ0v) is 29.2. The maximum atomic E-state index is 10.2. The highest BCUT2D eigenvalue weighted by atomic mass is 32.1. The SMILES string of the molecule is [2H]c1c([2H])c([2H])c(-n2c3ccccc3c3cc(-c4ccc5c(c4)c4ccccc4n5-c4c([2H])c(-c5c([2H])c([2H])c6c([2H])c([2H])c([2H])c([2H])c6c5[2H])c5sc6c([2H])c([2H])c([2H])c([2H])c6c5c4[2H])ccc32)c([2H])c1[2H]. The van der Waals surface area contributed by atoms with Crippen LogP contribution in [0.5, 0.6) is 0 Å². The maximum absolute atomic E-state index is 10.2. The van der Waals surface area contributed by atoms with Gasteiger partial charge >= 0.3 is 0 Å². The van der Waals surface area contributed by atoms with Crippen LogP contribution in [0, 0.1) is 0 Å². The third-order valence-electron chi connectivity index (χ3n) is 10.2. The largest absolute Gasteiger partial charge is 0.309 e. The summed E-state index contributed by atoms with van der Waals surface area (Å²) in [6, 6.07) is 17.0. The van der Waals surface area contributed by atoms with Crippen molar-refractivity contribution in [3.63, 3.8) is 0 Å². The van der Waals surface area contributed by atoms with Gasteiger partial charge in [0.1, 0.15) is 0 Å². The molecule has 0 spiro atoms. The number of hydrogen-bond donors (Lipinski definition) is 0. The molecule has 0 atom stereocenters. The fourth-order valence-electron chi connectivity index (χ4n) is 7.78. The molecule has 2 nitrogen and oxygen atoms in total. The zero-order valence-electron chi connectivity index (χ0n) is 46.4. The van der Waals surface area contributed by atoms with Crippen LogP contribution in [-0.2, 0) is 0 Å². The first-order valence-electron chi connectivity index (χ1n) is 26.4. The van der Waals surface area contributed by atoms with Crippen LogP contribution in [0.4, 0.5) is 0 Å². The Morgan fingerprint density at radius 3 is 1.73 bits per heavy atom. The average Bonchev–Trinajstić information content (AvgIpc) is 4.05. The van der Waals surface area contributed by atoms with E-state index in [9.17, 15) is 5.48 Å². The number of fused-ring (bicyclic) bond motifs is 10. The van der Waals surface area contributed by atoms with E-state index in [1.54, 1.807) is 21.3 Å². The minimum absolute atomic E-state index is 0.00650. The van der Waals surface area contributed by atoms with Crippen molar-refractivity contribution in [1.82, 2.24) is 9.13 Å². The third kappa shape index (κ3) is 4.60. The maximum Gasteiger partial charge on any atom is 0.0652 e. The van der Waals surface area contributed by atoms with Crippen molar-refractivity contribution in [1.29, 1.82) is 0 Å². The van der Waals surface area contributed by atoms with Gasteiger partial charge in [-0.15, -0.1) is 11.3 Å². The predicted molar refractivity (Wildman–Crippen MR) is 236 cm³/mol. The molecular weight excluding hydrogens is 685 g/mol. The van der Waals surface area contributed by atoms with Gasteiger partial charge < -0.3 is 9.13 Å². The molecule has 0 saturated carbocycles. The number of thiophene rings is 1. The summed E-state index contributed by atoms with van der Waals surface area (Å²) in [7, 11) is 0. The second-order valence-electron chi connectivity index (χ2n) is 13.1. The van der Waals surface area contributed by atoms with E-state index in [1.807, 2.05) is 72.8 Å². The average molecular weight is 735 g/mol. The summed E-state index contributed by atoms with van der Waals surface area (Å²) >= 11 is 0.851. The van der Waals surface area contributed by atoms with Crippen LogP contribution in [0.15, 0.2) is 194 Å². The lowest BCUT2D eigenvalue weighted by Gasteiger charge is -2.13. The Morgan fingerprint density at radius 2 is 1.00 bits per heavy atom. The van der Waals surface area contributed by atoms with Gasteiger partial charge in [0.05, 0.1) is 46.7 Å². The van der Waals surface area contributed by atoms with E-state index in [0.29, 0.717) is 32.8 Å². The Bertz CT molecular complexity index is 4520. The number of nitrogens with zero attached hydrogens (tertiary/aromatic N) is 2. The molecule has 0 N–H and O–H groups in total. The smallest absolute Gasteiger partial charge is 0.0652 e. The molecule has 9 aromatic carbocycles. The highest BCUT2D eigenvalue weighted by Gasteiger charge is 2.19. The standard InChI is InChI=1S/C52H32N2S/c1-2-14-38(15-3-1)53-47-19-9-6-16-40(47)44-29-35(24-26-49(44)53)36-25-27-50-45(30-36)41-17-7-10-20-48(41)54(50)39-31-43(37-23-22-33-12-4-5-13-34(33)28-37)52-46(32-39)42-18-8-11-21-51(42)55-52/h1-32H/i1D,2D,3D,4D,5D,8D,11D,12D,13D,14D,15D,18D,21D,22D,23D,28D,31D,32D. The second kappa shape index (κ2) is 11.8. The van der Waals surface area contributed by atoms with E-state index in [4.69, 9.17) is 19.2 Å². The summed E-state index contributed by atoms with van der Waals surface area (Å²) in [5.41, 5.74) is 3.27. The Balaban J connectivity index is 1.15.